The molecule has 0 aliphatic heterocycles. The summed E-state index contributed by atoms with van der Waals surface area (Å²) in [7, 11) is 0. The van der Waals surface area contributed by atoms with Crippen LogP contribution in [0.3, 0.4) is 0 Å². The van der Waals surface area contributed by atoms with Gasteiger partial charge in [-0.05, 0) is 30.7 Å². The van der Waals surface area contributed by atoms with E-state index in [1.807, 2.05) is 0 Å². The molecule has 1 nitrogen and oxygen atoms in total. The molecule has 4 heteroatoms. The number of hydrogen-bond acceptors (Lipinski definition) is 1. The lowest BCUT2D eigenvalue weighted by molar-refractivity contribution is 0.575. The molecule has 1 rings (SSSR count). The highest BCUT2D eigenvalue weighted by atomic mass is 127. The Kier molecular flexibility index (Phi) is 5.32. The van der Waals surface area contributed by atoms with E-state index in [-0.39, 0.29) is 0 Å². The molecule has 0 radical (unpaired) electrons. The third-order valence-electron chi connectivity index (χ3n) is 1.74. The van der Waals surface area contributed by atoms with Crippen molar-refractivity contribution in [3.63, 3.8) is 0 Å². The van der Waals surface area contributed by atoms with E-state index >= 15 is 0 Å². The fourth-order valence-electron chi connectivity index (χ4n) is 1.14. The van der Waals surface area contributed by atoms with Gasteiger partial charge in [-0.1, -0.05) is 22.6 Å². The summed E-state index contributed by atoms with van der Waals surface area (Å²) in [4.78, 5) is 0. The van der Waals surface area contributed by atoms with Crippen molar-refractivity contribution in [3.05, 3.63) is 35.4 Å². The van der Waals surface area contributed by atoms with Crippen LogP contribution in [0.2, 0.25) is 0 Å². The van der Waals surface area contributed by atoms with Gasteiger partial charge in [-0.25, -0.2) is 8.78 Å². The van der Waals surface area contributed by atoms with Crippen LogP contribution in [0.5, 0.6) is 0 Å². The lowest BCUT2D eigenvalue weighted by Crippen LogP contribution is -2.15. The maximum absolute atomic E-state index is 12.7. The van der Waals surface area contributed by atoms with Gasteiger partial charge in [0.25, 0.3) is 0 Å². The molecule has 14 heavy (non-hydrogen) atoms. The van der Waals surface area contributed by atoms with E-state index in [9.17, 15) is 8.78 Å². The predicted octanol–water partition coefficient (Wildman–Crippen LogP) is 2.88. The number of rotatable bonds is 5. The first-order valence-electron chi connectivity index (χ1n) is 4.44. The van der Waals surface area contributed by atoms with Gasteiger partial charge in [0.1, 0.15) is 11.6 Å². The van der Waals surface area contributed by atoms with E-state index in [2.05, 4.69) is 27.9 Å². The molecule has 0 amide bonds. The molecule has 0 aliphatic rings. The Morgan fingerprint density at radius 2 is 1.79 bits per heavy atom. The van der Waals surface area contributed by atoms with Crippen LogP contribution in [0.4, 0.5) is 8.78 Å². The summed E-state index contributed by atoms with van der Waals surface area (Å²) in [5.74, 6) is -1.04. The van der Waals surface area contributed by atoms with Crippen molar-refractivity contribution in [2.75, 3.05) is 11.0 Å². The third-order valence-corrected chi connectivity index (χ3v) is 2.50. The van der Waals surface area contributed by atoms with Crippen LogP contribution in [0.25, 0.3) is 0 Å². The van der Waals surface area contributed by atoms with Crippen LogP contribution in [0.15, 0.2) is 18.2 Å². The smallest absolute Gasteiger partial charge is 0.126 e. The van der Waals surface area contributed by atoms with Gasteiger partial charge in [-0.3, -0.25) is 0 Å². The normalized spacial score (nSPS) is 10.5. The molecular weight excluding hydrogens is 299 g/mol. The van der Waals surface area contributed by atoms with E-state index in [4.69, 9.17) is 0 Å². The Labute approximate surface area is 96.0 Å². The number of halogens is 3. The van der Waals surface area contributed by atoms with Crippen molar-refractivity contribution < 1.29 is 8.78 Å². The molecule has 1 aromatic carbocycles. The largest absolute Gasteiger partial charge is 0.313 e. The first-order valence-corrected chi connectivity index (χ1v) is 5.96. The van der Waals surface area contributed by atoms with Gasteiger partial charge in [-0.2, -0.15) is 0 Å². The summed E-state index contributed by atoms with van der Waals surface area (Å²) in [5, 5.41) is 3.12. The van der Waals surface area contributed by atoms with Crippen LogP contribution < -0.4 is 5.32 Å². The average Bonchev–Trinajstić information content (AvgIpc) is 2.11. The molecule has 1 aromatic rings. The number of alkyl halides is 1. The summed E-state index contributed by atoms with van der Waals surface area (Å²) in [6, 6.07) is 3.58. The summed E-state index contributed by atoms with van der Waals surface area (Å²) in [6.07, 6.45) is 1.07. The van der Waals surface area contributed by atoms with E-state index in [1.54, 1.807) is 0 Å². The van der Waals surface area contributed by atoms with Crippen molar-refractivity contribution in [2.45, 2.75) is 13.0 Å². The Morgan fingerprint density at radius 1 is 1.14 bits per heavy atom. The molecule has 0 spiro atoms. The van der Waals surface area contributed by atoms with Crippen LogP contribution in [-0.4, -0.2) is 11.0 Å². The Hall–Kier alpha value is -0.230. The van der Waals surface area contributed by atoms with Crippen molar-refractivity contribution in [2.24, 2.45) is 0 Å². The van der Waals surface area contributed by atoms with Gasteiger partial charge in [0.15, 0.2) is 0 Å². The minimum absolute atomic E-state index is 0.518. The Morgan fingerprint density at radius 3 is 2.36 bits per heavy atom. The van der Waals surface area contributed by atoms with Gasteiger partial charge >= 0.3 is 0 Å². The van der Waals surface area contributed by atoms with Crippen molar-refractivity contribution in [3.8, 4) is 0 Å². The van der Waals surface area contributed by atoms with Crippen molar-refractivity contribution in [1.29, 1.82) is 0 Å². The minimum atomic E-state index is -0.518. The fraction of sp³-hybridized carbons (Fsp3) is 0.400. The molecule has 0 aromatic heterocycles. The maximum Gasteiger partial charge on any atom is 0.126 e. The standard InChI is InChI=1S/C10H12F2IN/c11-9-4-8(5-10(12)6-9)7-14-3-1-2-13/h4-6,14H,1-3,7H2. The van der Waals surface area contributed by atoms with Crippen molar-refractivity contribution in [1.82, 2.24) is 5.32 Å². The van der Waals surface area contributed by atoms with Crippen LogP contribution >= 0.6 is 22.6 Å². The second-order valence-corrected chi connectivity index (χ2v) is 4.08. The van der Waals surface area contributed by atoms with Gasteiger partial charge < -0.3 is 5.32 Å². The number of nitrogens with one attached hydrogen (secondary N) is 1. The molecule has 0 heterocycles. The van der Waals surface area contributed by atoms with Crippen LogP contribution in [0.1, 0.15) is 12.0 Å². The molecule has 0 unspecified atom stereocenters. The molecule has 0 atom stereocenters. The summed E-state index contributed by atoms with van der Waals surface area (Å²) in [6.45, 7) is 1.40. The van der Waals surface area contributed by atoms with Crippen LogP contribution in [0, 0.1) is 11.6 Å². The highest BCUT2D eigenvalue weighted by Crippen LogP contribution is 2.07. The lowest BCUT2D eigenvalue weighted by Gasteiger charge is -2.03. The molecule has 1 N–H and O–H groups in total. The van der Waals surface area contributed by atoms with Crippen LogP contribution in [-0.2, 0) is 6.54 Å². The molecule has 0 saturated heterocycles. The zero-order valence-electron chi connectivity index (χ0n) is 7.69. The molecule has 0 bridgehead atoms. The molecule has 0 fully saturated rings. The monoisotopic (exact) mass is 311 g/mol. The Balaban J connectivity index is 2.42. The van der Waals surface area contributed by atoms with E-state index in [1.165, 1.54) is 12.1 Å². The first kappa shape index (κ1) is 11.8. The van der Waals surface area contributed by atoms with Gasteiger partial charge in [0, 0.05) is 17.0 Å². The first-order chi connectivity index (χ1) is 6.72. The zero-order chi connectivity index (χ0) is 10.4. The quantitative estimate of drug-likeness (QED) is 0.501. The zero-order valence-corrected chi connectivity index (χ0v) is 9.85. The SMILES string of the molecule is Fc1cc(F)cc(CNCCCI)c1. The molecule has 0 saturated carbocycles. The predicted molar refractivity (Wildman–Crippen MR) is 61.6 cm³/mol. The second kappa shape index (κ2) is 6.29. The molecular formula is C10H12F2IN. The van der Waals surface area contributed by atoms with E-state index < -0.39 is 11.6 Å². The average molecular weight is 311 g/mol. The van der Waals surface area contributed by atoms with Gasteiger partial charge in [0.05, 0.1) is 0 Å². The maximum atomic E-state index is 12.7. The highest BCUT2D eigenvalue weighted by molar-refractivity contribution is 14.1. The summed E-state index contributed by atoms with van der Waals surface area (Å²) >= 11 is 2.29. The van der Waals surface area contributed by atoms with E-state index in [0.29, 0.717) is 12.1 Å². The second-order valence-electron chi connectivity index (χ2n) is 3.00. The fourth-order valence-corrected chi connectivity index (χ4v) is 1.52. The van der Waals surface area contributed by atoms with E-state index in [0.717, 1.165) is 23.5 Å². The van der Waals surface area contributed by atoms with Gasteiger partial charge in [0.2, 0.25) is 0 Å². The summed E-state index contributed by atoms with van der Waals surface area (Å²) in [5.41, 5.74) is 0.649. The highest BCUT2D eigenvalue weighted by Gasteiger charge is 1.99. The molecule has 0 aliphatic carbocycles. The molecule has 78 valence electrons. The number of hydrogen-bond donors (Lipinski definition) is 1. The third kappa shape index (κ3) is 4.32. The summed E-state index contributed by atoms with van der Waals surface area (Å²) < 4.78 is 26.6. The Bertz CT molecular complexity index is 271. The topological polar surface area (TPSA) is 12.0 Å². The minimum Gasteiger partial charge on any atom is -0.313 e. The van der Waals surface area contributed by atoms with Crippen molar-refractivity contribution >= 4 is 22.6 Å². The van der Waals surface area contributed by atoms with Gasteiger partial charge in [-0.15, -0.1) is 0 Å². The number of benzene rings is 1. The lowest BCUT2D eigenvalue weighted by atomic mass is 10.2.